The lowest BCUT2D eigenvalue weighted by Crippen LogP contribution is -2.17. The first-order valence-corrected chi connectivity index (χ1v) is 6.77. The molecule has 0 bridgehead atoms. The molecule has 1 rings (SSSR count). The fourth-order valence-corrected chi connectivity index (χ4v) is 1.82. The van der Waals surface area contributed by atoms with Gasteiger partial charge in [0.25, 0.3) is 0 Å². The Morgan fingerprint density at radius 3 is 2.61 bits per heavy atom. The molecule has 1 aromatic carbocycles. The Labute approximate surface area is 110 Å². The van der Waals surface area contributed by atoms with Crippen molar-refractivity contribution in [3.63, 3.8) is 0 Å². The molecule has 1 N–H and O–H groups in total. The minimum atomic E-state index is 0.327. The fraction of sp³-hybridized carbons (Fsp3) is 0.600. The van der Waals surface area contributed by atoms with Crippen molar-refractivity contribution in [1.82, 2.24) is 5.32 Å². The number of benzene rings is 1. The van der Waals surface area contributed by atoms with Crippen LogP contribution in [0.2, 0.25) is 0 Å². The number of hydrogen-bond donors (Lipinski definition) is 1. The van der Waals surface area contributed by atoms with Gasteiger partial charge in [-0.1, -0.05) is 26.3 Å². The first-order chi connectivity index (χ1) is 8.72. The van der Waals surface area contributed by atoms with Gasteiger partial charge in [-0.15, -0.1) is 0 Å². The van der Waals surface area contributed by atoms with Crippen LogP contribution in [0.5, 0.6) is 11.5 Å². The summed E-state index contributed by atoms with van der Waals surface area (Å²) in [5.74, 6) is 1.65. The molecule has 1 atom stereocenters. The molecule has 102 valence electrons. The van der Waals surface area contributed by atoms with Crippen LogP contribution in [0.15, 0.2) is 18.2 Å². The summed E-state index contributed by atoms with van der Waals surface area (Å²) >= 11 is 0. The van der Waals surface area contributed by atoms with E-state index in [0.717, 1.165) is 37.5 Å². The van der Waals surface area contributed by atoms with Crippen molar-refractivity contribution >= 4 is 0 Å². The average Bonchev–Trinajstić information content (AvgIpc) is 2.39. The Kier molecular flexibility index (Phi) is 6.58. The van der Waals surface area contributed by atoms with Gasteiger partial charge in [-0.2, -0.15) is 0 Å². The monoisotopic (exact) mass is 251 g/mol. The van der Waals surface area contributed by atoms with Crippen LogP contribution in [0.1, 0.15) is 45.2 Å². The molecule has 0 saturated heterocycles. The molecule has 0 saturated carbocycles. The van der Waals surface area contributed by atoms with Crippen LogP contribution in [0, 0.1) is 0 Å². The van der Waals surface area contributed by atoms with E-state index < -0.39 is 0 Å². The molecule has 0 heterocycles. The molecule has 1 aromatic rings. The van der Waals surface area contributed by atoms with Crippen molar-refractivity contribution < 1.29 is 9.47 Å². The molecule has 18 heavy (non-hydrogen) atoms. The van der Waals surface area contributed by atoms with E-state index in [9.17, 15) is 0 Å². The quantitative estimate of drug-likeness (QED) is 0.717. The average molecular weight is 251 g/mol. The van der Waals surface area contributed by atoms with Crippen molar-refractivity contribution in [3.05, 3.63) is 23.8 Å². The number of ether oxygens (including phenoxy) is 2. The van der Waals surface area contributed by atoms with E-state index in [4.69, 9.17) is 9.47 Å². The summed E-state index contributed by atoms with van der Waals surface area (Å²) in [6, 6.07) is 6.47. The van der Waals surface area contributed by atoms with Crippen LogP contribution in [-0.2, 0) is 0 Å². The maximum absolute atomic E-state index is 5.72. The maximum atomic E-state index is 5.72. The summed E-state index contributed by atoms with van der Waals surface area (Å²) in [6.45, 7) is 8.11. The first-order valence-electron chi connectivity index (χ1n) is 6.77. The smallest absolute Gasteiger partial charge is 0.161 e. The van der Waals surface area contributed by atoms with Gasteiger partial charge in [0, 0.05) is 6.04 Å². The Balaban J connectivity index is 2.76. The Hall–Kier alpha value is -1.22. The Morgan fingerprint density at radius 2 is 2.00 bits per heavy atom. The van der Waals surface area contributed by atoms with Gasteiger partial charge < -0.3 is 14.8 Å². The third-order valence-corrected chi connectivity index (χ3v) is 2.95. The summed E-state index contributed by atoms with van der Waals surface area (Å²) in [7, 11) is 1.68. The highest BCUT2D eigenvalue weighted by molar-refractivity contribution is 5.43. The molecule has 0 aliphatic carbocycles. The number of rotatable bonds is 8. The Bertz CT molecular complexity index is 352. The zero-order valence-electron chi connectivity index (χ0n) is 12.0. The van der Waals surface area contributed by atoms with Gasteiger partial charge in [0.1, 0.15) is 0 Å². The summed E-state index contributed by atoms with van der Waals surface area (Å²) in [5.41, 5.74) is 1.22. The summed E-state index contributed by atoms with van der Waals surface area (Å²) in [6.07, 6.45) is 2.20. The molecule has 3 nitrogen and oxygen atoms in total. The first kappa shape index (κ1) is 14.8. The van der Waals surface area contributed by atoms with Crippen LogP contribution in [0.25, 0.3) is 0 Å². The van der Waals surface area contributed by atoms with Crippen LogP contribution >= 0.6 is 0 Å². The van der Waals surface area contributed by atoms with Gasteiger partial charge in [-0.25, -0.2) is 0 Å². The second-order valence-corrected chi connectivity index (χ2v) is 4.39. The van der Waals surface area contributed by atoms with Gasteiger partial charge in [-0.3, -0.25) is 0 Å². The minimum Gasteiger partial charge on any atom is -0.493 e. The van der Waals surface area contributed by atoms with Crippen molar-refractivity contribution in [3.8, 4) is 11.5 Å². The van der Waals surface area contributed by atoms with E-state index in [1.165, 1.54) is 5.56 Å². The molecule has 0 radical (unpaired) electrons. The largest absolute Gasteiger partial charge is 0.493 e. The zero-order chi connectivity index (χ0) is 13.4. The lowest BCUT2D eigenvalue weighted by Gasteiger charge is -2.16. The standard InChI is InChI=1S/C15H25NO2/c1-5-7-10-18-14-9-8-13(11-15(14)17-4)12(3)16-6-2/h8-9,11-12,16H,5-7,10H2,1-4H3. The van der Waals surface area contributed by atoms with Crippen LogP contribution in [0.4, 0.5) is 0 Å². The Morgan fingerprint density at radius 1 is 1.22 bits per heavy atom. The molecular formula is C15H25NO2. The molecular weight excluding hydrogens is 226 g/mol. The van der Waals surface area contributed by atoms with Crippen molar-refractivity contribution in [1.29, 1.82) is 0 Å². The molecule has 0 aliphatic heterocycles. The van der Waals surface area contributed by atoms with Crippen LogP contribution in [0.3, 0.4) is 0 Å². The normalized spacial score (nSPS) is 12.2. The van der Waals surface area contributed by atoms with E-state index in [-0.39, 0.29) is 0 Å². The molecule has 0 aromatic heterocycles. The second kappa shape index (κ2) is 7.98. The zero-order valence-corrected chi connectivity index (χ0v) is 12.0. The highest BCUT2D eigenvalue weighted by Gasteiger charge is 2.09. The summed E-state index contributed by atoms with van der Waals surface area (Å²) < 4.78 is 11.1. The predicted molar refractivity (Wildman–Crippen MR) is 75.5 cm³/mol. The molecule has 0 fully saturated rings. The molecule has 3 heteroatoms. The van der Waals surface area contributed by atoms with E-state index in [1.807, 2.05) is 6.07 Å². The lowest BCUT2D eigenvalue weighted by atomic mass is 10.1. The topological polar surface area (TPSA) is 30.5 Å². The van der Waals surface area contributed by atoms with Crippen LogP contribution < -0.4 is 14.8 Å². The van der Waals surface area contributed by atoms with Crippen molar-refractivity contribution in [2.75, 3.05) is 20.3 Å². The third kappa shape index (κ3) is 4.22. The number of unbranched alkanes of at least 4 members (excludes halogenated alkanes) is 1. The lowest BCUT2D eigenvalue weighted by molar-refractivity contribution is 0.288. The fourth-order valence-electron chi connectivity index (χ4n) is 1.82. The minimum absolute atomic E-state index is 0.327. The van der Waals surface area contributed by atoms with Gasteiger partial charge in [0.15, 0.2) is 11.5 Å². The van der Waals surface area contributed by atoms with Gasteiger partial charge in [0.2, 0.25) is 0 Å². The van der Waals surface area contributed by atoms with Gasteiger partial charge in [-0.05, 0) is 37.6 Å². The van der Waals surface area contributed by atoms with E-state index in [1.54, 1.807) is 7.11 Å². The van der Waals surface area contributed by atoms with Crippen molar-refractivity contribution in [2.45, 2.75) is 39.7 Å². The van der Waals surface area contributed by atoms with E-state index in [2.05, 4.69) is 38.2 Å². The SMILES string of the molecule is CCCCOc1ccc(C(C)NCC)cc1OC. The number of methoxy groups -OCH3 is 1. The van der Waals surface area contributed by atoms with E-state index >= 15 is 0 Å². The third-order valence-electron chi connectivity index (χ3n) is 2.95. The number of hydrogen-bond acceptors (Lipinski definition) is 3. The maximum Gasteiger partial charge on any atom is 0.161 e. The second-order valence-electron chi connectivity index (χ2n) is 4.39. The highest BCUT2D eigenvalue weighted by atomic mass is 16.5. The predicted octanol–water partition coefficient (Wildman–Crippen LogP) is 3.54. The molecule has 1 unspecified atom stereocenters. The molecule has 0 amide bonds. The summed E-state index contributed by atoms with van der Waals surface area (Å²) in [5, 5.41) is 3.39. The molecule has 0 spiro atoms. The van der Waals surface area contributed by atoms with E-state index in [0.29, 0.717) is 6.04 Å². The highest BCUT2D eigenvalue weighted by Crippen LogP contribution is 2.30. The number of nitrogens with one attached hydrogen (secondary N) is 1. The summed E-state index contributed by atoms with van der Waals surface area (Å²) in [4.78, 5) is 0. The van der Waals surface area contributed by atoms with Gasteiger partial charge >= 0.3 is 0 Å². The van der Waals surface area contributed by atoms with Crippen molar-refractivity contribution in [2.24, 2.45) is 0 Å². The van der Waals surface area contributed by atoms with Gasteiger partial charge in [0.05, 0.1) is 13.7 Å². The van der Waals surface area contributed by atoms with Crippen LogP contribution in [-0.4, -0.2) is 20.3 Å². The molecule has 0 aliphatic rings.